The third kappa shape index (κ3) is 10.3. The van der Waals surface area contributed by atoms with Crippen LogP contribution in [-0.2, 0) is 19.1 Å². The fourth-order valence-electron chi connectivity index (χ4n) is 1.21. The van der Waals surface area contributed by atoms with Crippen LogP contribution in [0.2, 0.25) is 0 Å². The normalized spacial score (nSPS) is 12.5. The van der Waals surface area contributed by atoms with E-state index in [1.54, 1.807) is 12.2 Å². The van der Waals surface area contributed by atoms with E-state index in [0.29, 0.717) is 50.4 Å². The highest BCUT2D eigenvalue weighted by Gasteiger charge is 1.98. The molecule has 0 aromatic heterocycles. The molecule has 0 radical (unpaired) electrons. The first-order valence-corrected chi connectivity index (χ1v) is 6.40. The molecule has 2 N–H and O–H groups in total. The standard InChI is InChI=1S/C14H22O6/c1-11(13(15)16)5-3-7-19-9-10-20-8-4-6-12(2)14(17)18/h5-6H,3-4,7-10H2,1-2H3,(H,15,16)(H,17,18)/b11-5+,12-6+. The van der Waals surface area contributed by atoms with E-state index in [-0.39, 0.29) is 0 Å². The Labute approximate surface area is 118 Å². The molecule has 0 aromatic rings. The third-order valence-electron chi connectivity index (χ3n) is 2.47. The number of carboxylic acids is 2. The first-order chi connectivity index (χ1) is 9.45. The van der Waals surface area contributed by atoms with Gasteiger partial charge in [0, 0.05) is 11.1 Å². The first-order valence-electron chi connectivity index (χ1n) is 6.40. The Morgan fingerprint density at radius 2 is 1.15 bits per heavy atom. The van der Waals surface area contributed by atoms with Crippen molar-refractivity contribution in [3.8, 4) is 0 Å². The topological polar surface area (TPSA) is 93.1 Å². The molecule has 0 heterocycles. The van der Waals surface area contributed by atoms with Crippen LogP contribution in [0.25, 0.3) is 0 Å². The van der Waals surface area contributed by atoms with Crippen LogP contribution in [-0.4, -0.2) is 48.6 Å². The number of hydrogen-bond acceptors (Lipinski definition) is 4. The number of aliphatic carboxylic acids is 2. The fraction of sp³-hybridized carbons (Fsp3) is 0.571. The summed E-state index contributed by atoms with van der Waals surface area (Å²) in [6.45, 7) is 4.84. The SMILES string of the molecule is C/C(=C\CCOCCOCC/C=C(\C)C(=O)O)C(=O)O. The van der Waals surface area contributed by atoms with Gasteiger partial charge in [-0.3, -0.25) is 0 Å². The maximum Gasteiger partial charge on any atom is 0.330 e. The molecule has 0 saturated carbocycles. The predicted octanol–water partition coefficient (Wildman–Crippen LogP) is 1.86. The quantitative estimate of drug-likeness (QED) is 0.445. The van der Waals surface area contributed by atoms with E-state index in [4.69, 9.17) is 19.7 Å². The van der Waals surface area contributed by atoms with Crippen molar-refractivity contribution in [3.05, 3.63) is 23.3 Å². The van der Waals surface area contributed by atoms with E-state index < -0.39 is 11.9 Å². The van der Waals surface area contributed by atoms with Crippen molar-refractivity contribution in [2.45, 2.75) is 26.7 Å². The molecule has 0 aliphatic heterocycles. The van der Waals surface area contributed by atoms with E-state index in [1.807, 2.05) is 0 Å². The van der Waals surface area contributed by atoms with Gasteiger partial charge in [0.2, 0.25) is 0 Å². The van der Waals surface area contributed by atoms with Crippen molar-refractivity contribution in [2.75, 3.05) is 26.4 Å². The molecule has 0 aliphatic carbocycles. The Balaban J connectivity index is 3.42. The monoisotopic (exact) mass is 286 g/mol. The average Bonchev–Trinajstić information content (AvgIpc) is 2.39. The third-order valence-corrected chi connectivity index (χ3v) is 2.47. The minimum absolute atomic E-state index is 0.311. The number of carbonyl (C=O) groups is 2. The molecule has 0 aliphatic rings. The molecule has 0 unspecified atom stereocenters. The zero-order valence-corrected chi connectivity index (χ0v) is 11.9. The van der Waals surface area contributed by atoms with Crippen molar-refractivity contribution in [1.82, 2.24) is 0 Å². The lowest BCUT2D eigenvalue weighted by atomic mass is 10.2. The van der Waals surface area contributed by atoms with Gasteiger partial charge >= 0.3 is 11.9 Å². The zero-order chi connectivity index (χ0) is 15.4. The molecule has 20 heavy (non-hydrogen) atoms. The number of carboxylic acid groups (broad SMARTS) is 2. The summed E-state index contributed by atoms with van der Waals surface area (Å²) in [5.74, 6) is -1.84. The van der Waals surface area contributed by atoms with Crippen LogP contribution in [0.4, 0.5) is 0 Å². The molecule has 6 heteroatoms. The van der Waals surface area contributed by atoms with Gasteiger partial charge in [-0.15, -0.1) is 0 Å². The van der Waals surface area contributed by atoms with Crippen molar-refractivity contribution in [3.63, 3.8) is 0 Å². The van der Waals surface area contributed by atoms with E-state index in [1.165, 1.54) is 13.8 Å². The summed E-state index contributed by atoms with van der Waals surface area (Å²) in [5.41, 5.74) is 0.621. The second kappa shape index (κ2) is 11.2. The smallest absolute Gasteiger partial charge is 0.330 e. The van der Waals surface area contributed by atoms with Crippen LogP contribution >= 0.6 is 0 Å². The first kappa shape index (κ1) is 18.3. The largest absolute Gasteiger partial charge is 0.478 e. The van der Waals surface area contributed by atoms with Crippen molar-refractivity contribution in [2.24, 2.45) is 0 Å². The molecular formula is C14H22O6. The number of rotatable bonds is 11. The lowest BCUT2D eigenvalue weighted by Crippen LogP contribution is -2.06. The molecule has 0 amide bonds. The highest BCUT2D eigenvalue weighted by atomic mass is 16.5. The maximum atomic E-state index is 10.5. The van der Waals surface area contributed by atoms with E-state index in [2.05, 4.69) is 0 Å². The van der Waals surface area contributed by atoms with Gasteiger partial charge in [-0.1, -0.05) is 12.2 Å². The summed E-state index contributed by atoms with van der Waals surface area (Å²) in [5, 5.41) is 17.2. The fourth-order valence-corrected chi connectivity index (χ4v) is 1.21. The second-order valence-electron chi connectivity index (χ2n) is 4.19. The highest BCUT2D eigenvalue weighted by molar-refractivity contribution is 5.86. The maximum absolute atomic E-state index is 10.5. The van der Waals surface area contributed by atoms with Gasteiger partial charge in [0.1, 0.15) is 0 Å². The Kier molecular flexibility index (Phi) is 10.3. The van der Waals surface area contributed by atoms with Gasteiger partial charge in [-0.05, 0) is 26.7 Å². The van der Waals surface area contributed by atoms with Crippen LogP contribution in [0, 0.1) is 0 Å². The minimum Gasteiger partial charge on any atom is -0.478 e. The Morgan fingerprint density at radius 1 is 0.800 bits per heavy atom. The minimum atomic E-state index is -0.918. The van der Waals surface area contributed by atoms with Crippen LogP contribution in [0.1, 0.15) is 26.7 Å². The molecule has 0 fully saturated rings. The van der Waals surface area contributed by atoms with Gasteiger partial charge < -0.3 is 19.7 Å². The molecule has 0 atom stereocenters. The Bertz CT molecular complexity index is 334. The van der Waals surface area contributed by atoms with E-state index >= 15 is 0 Å². The van der Waals surface area contributed by atoms with E-state index in [0.717, 1.165) is 0 Å². The van der Waals surface area contributed by atoms with Crippen LogP contribution in [0.5, 0.6) is 0 Å². The van der Waals surface area contributed by atoms with Crippen molar-refractivity contribution < 1.29 is 29.3 Å². The molecule has 114 valence electrons. The molecule has 6 nitrogen and oxygen atoms in total. The molecule has 0 bridgehead atoms. The lowest BCUT2D eigenvalue weighted by molar-refractivity contribution is -0.133. The lowest BCUT2D eigenvalue weighted by Gasteiger charge is -2.04. The summed E-state index contributed by atoms with van der Waals surface area (Å²) in [6.07, 6.45) is 4.34. The van der Waals surface area contributed by atoms with Gasteiger partial charge in [0.25, 0.3) is 0 Å². The molecule has 0 rings (SSSR count). The van der Waals surface area contributed by atoms with Crippen LogP contribution in [0.15, 0.2) is 23.3 Å². The summed E-state index contributed by atoms with van der Waals surface area (Å²) in [6, 6.07) is 0. The summed E-state index contributed by atoms with van der Waals surface area (Å²) in [4.78, 5) is 21.0. The van der Waals surface area contributed by atoms with Crippen molar-refractivity contribution in [1.29, 1.82) is 0 Å². The second-order valence-corrected chi connectivity index (χ2v) is 4.19. The van der Waals surface area contributed by atoms with Crippen LogP contribution in [0.3, 0.4) is 0 Å². The Morgan fingerprint density at radius 3 is 1.45 bits per heavy atom. The van der Waals surface area contributed by atoms with Gasteiger partial charge in [-0.2, -0.15) is 0 Å². The highest BCUT2D eigenvalue weighted by Crippen LogP contribution is 1.97. The summed E-state index contributed by atoms with van der Waals surface area (Å²) in [7, 11) is 0. The van der Waals surface area contributed by atoms with Gasteiger partial charge in [-0.25, -0.2) is 9.59 Å². The Hall–Kier alpha value is -1.66. The predicted molar refractivity (Wildman–Crippen MR) is 73.7 cm³/mol. The summed E-state index contributed by atoms with van der Waals surface area (Å²) >= 11 is 0. The molecule has 0 aromatic carbocycles. The zero-order valence-electron chi connectivity index (χ0n) is 11.9. The number of hydrogen-bond donors (Lipinski definition) is 2. The van der Waals surface area contributed by atoms with E-state index in [9.17, 15) is 9.59 Å². The number of ether oxygens (including phenoxy) is 2. The molecule has 0 spiro atoms. The van der Waals surface area contributed by atoms with Gasteiger partial charge in [0.15, 0.2) is 0 Å². The summed E-state index contributed by atoms with van der Waals surface area (Å²) < 4.78 is 10.5. The molecule has 0 saturated heterocycles. The van der Waals surface area contributed by atoms with Gasteiger partial charge in [0.05, 0.1) is 26.4 Å². The van der Waals surface area contributed by atoms with Crippen molar-refractivity contribution >= 4 is 11.9 Å². The van der Waals surface area contributed by atoms with Crippen LogP contribution < -0.4 is 0 Å². The molecular weight excluding hydrogens is 264 g/mol. The average molecular weight is 286 g/mol.